The summed E-state index contributed by atoms with van der Waals surface area (Å²) in [5.74, 6) is 0. The highest BCUT2D eigenvalue weighted by molar-refractivity contribution is 9.10. The van der Waals surface area contributed by atoms with Crippen molar-refractivity contribution in [1.82, 2.24) is 0 Å². The molecule has 0 spiro atoms. The first-order valence-corrected chi connectivity index (χ1v) is 7.96. The molecule has 0 fully saturated rings. The number of nitrogen functional groups attached to an aromatic ring is 1. The first-order valence-electron chi connectivity index (χ1n) is 6.37. The van der Waals surface area contributed by atoms with Crippen molar-refractivity contribution in [2.45, 2.75) is 13.2 Å². The van der Waals surface area contributed by atoms with Crippen molar-refractivity contribution >= 4 is 49.3 Å². The van der Waals surface area contributed by atoms with Crippen LogP contribution in [0.25, 0.3) is 0 Å². The maximum absolute atomic E-state index is 10.8. The SMILES string of the molecule is Nc1cccc(Br)c1CO.O=C1Nc2cccc(Br)c2CO1. The van der Waals surface area contributed by atoms with Gasteiger partial charge in [0.2, 0.25) is 0 Å². The van der Waals surface area contributed by atoms with Gasteiger partial charge >= 0.3 is 6.09 Å². The number of anilines is 2. The van der Waals surface area contributed by atoms with Crippen LogP contribution in [0.1, 0.15) is 11.1 Å². The summed E-state index contributed by atoms with van der Waals surface area (Å²) in [5, 5.41) is 11.4. The molecule has 7 heteroatoms. The Kier molecular flexibility index (Phi) is 5.82. The van der Waals surface area contributed by atoms with Crippen LogP contribution in [0.15, 0.2) is 45.3 Å². The Hall–Kier alpha value is -1.57. The number of nitrogens with two attached hydrogens (primary N) is 1. The van der Waals surface area contributed by atoms with Crippen molar-refractivity contribution in [3.8, 4) is 0 Å². The molecule has 2 aromatic carbocycles. The average molecular weight is 430 g/mol. The normalized spacial score (nSPS) is 12.4. The lowest BCUT2D eigenvalue weighted by molar-refractivity contribution is 0.151. The van der Waals surface area contributed by atoms with Gasteiger partial charge in [-0.25, -0.2) is 4.79 Å². The van der Waals surface area contributed by atoms with Gasteiger partial charge in [-0.3, -0.25) is 5.32 Å². The molecule has 4 N–H and O–H groups in total. The van der Waals surface area contributed by atoms with Crippen molar-refractivity contribution in [3.05, 3.63) is 56.5 Å². The molecule has 1 amide bonds. The first kappa shape index (κ1) is 16.8. The van der Waals surface area contributed by atoms with E-state index in [9.17, 15) is 4.79 Å². The maximum atomic E-state index is 10.8. The van der Waals surface area contributed by atoms with Gasteiger partial charge in [0.15, 0.2) is 0 Å². The van der Waals surface area contributed by atoms with Crippen LogP contribution >= 0.6 is 31.9 Å². The van der Waals surface area contributed by atoms with E-state index in [1.54, 1.807) is 6.07 Å². The Morgan fingerprint density at radius 1 is 1.18 bits per heavy atom. The first-order chi connectivity index (χ1) is 10.5. The third-order valence-electron chi connectivity index (χ3n) is 3.02. The molecule has 3 rings (SSSR count). The number of ether oxygens (including phenoxy) is 1. The second kappa shape index (κ2) is 7.62. The van der Waals surface area contributed by atoms with E-state index >= 15 is 0 Å². The summed E-state index contributed by atoms with van der Waals surface area (Å²) in [6, 6.07) is 11.1. The van der Waals surface area contributed by atoms with E-state index in [1.165, 1.54) is 0 Å². The number of fused-ring (bicyclic) bond motifs is 1. The van der Waals surface area contributed by atoms with Crippen LogP contribution in [0.5, 0.6) is 0 Å². The highest BCUT2D eigenvalue weighted by atomic mass is 79.9. The van der Waals surface area contributed by atoms with Crippen molar-refractivity contribution in [1.29, 1.82) is 0 Å². The maximum Gasteiger partial charge on any atom is 0.411 e. The minimum Gasteiger partial charge on any atom is -0.444 e. The van der Waals surface area contributed by atoms with Crippen molar-refractivity contribution < 1.29 is 14.6 Å². The summed E-state index contributed by atoms with van der Waals surface area (Å²) in [4.78, 5) is 10.8. The van der Waals surface area contributed by atoms with Gasteiger partial charge in [-0.15, -0.1) is 0 Å². The minimum absolute atomic E-state index is 0.0206. The molecule has 0 aromatic heterocycles. The number of carbonyl (C=O) groups is 1. The van der Waals surface area contributed by atoms with Crippen molar-refractivity contribution in [2.75, 3.05) is 11.1 Å². The quantitative estimate of drug-likeness (QED) is 0.597. The van der Waals surface area contributed by atoms with Crippen LogP contribution in [-0.4, -0.2) is 11.2 Å². The Bertz CT molecular complexity index is 672. The Morgan fingerprint density at radius 3 is 2.50 bits per heavy atom. The largest absolute Gasteiger partial charge is 0.444 e. The number of halogens is 2. The third-order valence-corrected chi connectivity index (χ3v) is 4.50. The summed E-state index contributed by atoms with van der Waals surface area (Å²) in [7, 11) is 0. The minimum atomic E-state index is -0.388. The number of rotatable bonds is 1. The second-order valence-corrected chi connectivity index (χ2v) is 6.14. The molecular formula is C15H14Br2N2O3. The molecule has 1 aliphatic heterocycles. The molecule has 0 atom stereocenters. The highest BCUT2D eigenvalue weighted by Gasteiger charge is 2.16. The van der Waals surface area contributed by atoms with E-state index < -0.39 is 0 Å². The number of aliphatic hydroxyl groups excluding tert-OH is 1. The van der Waals surface area contributed by atoms with Crippen LogP contribution in [0.2, 0.25) is 0 Å². The number of benzene rings is 2. The van der Waals surface area contributed by atoms with E-state index in [0.29, 0.717) is 12.3 Å². The monoisotopic (exact) mass is 428 g/mol. The molecule has 0 aliphatic carbocycles. The van der Waals surface area contributed by atoms with E-state index in [1.807, 2.05) is 30.3 Å². The highest BCUT2D eigenvalue weighted by Crippen LogP contribution is 2.28. The molecular weight excluding hydrogens is 416 g/mol. The Morgan fingerprint density at radius 2 is 1.86 bits per heavy atom. The molecule has 2 aromatic rings. The number of hydrogen-bond acceptors (Lipinski definition) is 4. The van der Waals surface area contributed by atoms with Gasteiger partial charge in [0.05, 0.1) is 12.3 Å². The summed E-state index contributed by atoms with van der Waals surface area (Å²) in [6.07, 6.45) is -0.388. The fraction of sp³-hybridized carbons (Fsp3) is 0.133. The molecule has 0 unspecified atom stereocenters. The molecule has 0 saturated carbocycles. The van der Waals surface area contributed by atoms with Gasteiger partial charge in [0.25, 0.3) is 0 Å². The van der Waals surface area contributed by atoms with Gasteiger partial charge in [-0.2, -0.15) is 0 Å². The lowest BCUT2D eigenvalue weighted by atomic mass is 10.2. The zero-order valence-electron chi connectivity index (χ0n) is 11.5. The van der Waals surface area contributed by atoms with Gasteiger partial charge in [0.1, 0.15) is 6.61 Å². The van der Waals surface area contributed by atoms with E-state index in [4.69, 9.17) is 15.6 Å². The molecule has 116 valence electrons. The number of cyclic esters (lactones) is 1. The lowest BCUT2D eigenvalue weighted by Crippen LogP contribution is -2.20. The molecule has 0 saturated heterocycles. The predicted molar refractivity (Wildman–Crippen MR) is 92.4 cm³/mol. The van der Waals surface area contributed by atoms with Gasteiger partial charge in [-0.05, 0) is 24.3 Å². The zero-order chi connectivity index (χ0) is 16.1. The molecule has 5 nitrogen and oxygen atoms in total. The van der Waals surface area contributed by atoms with Gasteiger partial charge in [0, 0.05) is 25.8 Å². The van der Waals surface area contributed by atoms with Crippen LogP contribution < -0.4 is 11.1 Å². The topological polar surface area (TPSA) is 84.6 Å². The van der Waals surface area contributed by atoms with Crippen LogP contribution in [0.3, 0.4) is 0 Å². The van der Waals surface area contributed by atoms with Gasteiger partial charge < -0.3 is 15.6 Å². The van der Waals surface area contributed by atoms with Crippen molar-refractivity contribution in [3.63, 3.8) is 0 Å². The molecule has 22 heavy (non-hydrogen) atoms. The van der Waals surface area contributed by atoms with Crippen molar-refractivity contribution in [2.24, 2.45) is 0 Å². The van der Waals surface area contributed by atoms with E-state index in [0.717, 1.165) is 25.8 Å². The molecule has 1 heterocycles. The molecule has 1 aliphatic rings. The van der Waals surface area contributed by atoms with E-state index in [2.05, 4.69) is 37.2 Å². The second-order valence-electron chi connectivity index (χ2n) is 4.43. The Labute approximate surface area is 144 Å². The van der Waals surface area contributed by atoms with Crippen LogP contribution in [-0.2, 0) is 18.0 Å². The summed E-state index contributed by atoms with van der Waals surface area (Å²) in [5.41, 5.74) is 8.72. The summed E-state index contributed by atoms with van der Waals surface area (Å²) in [6.45, 7) is 0.315. The van der Waals surface area contributed by atoms with Crippen LogP contribution in [0.4, 0.5) is 16.2 Å². The molecule has 0 bridgehead atoms. The lowest BCUT2D eigenvalue weighted by Gasteiger charge is -2.17. The number of aliphatic hydroxyl groups is 1. The summed E-state index contributed by atoms with van der Waals surface area (Å²) >= 11 is 6.64. The number of hydrogen-bond donors (Lipinski definition) is 3. The fourth-order valence-corrected chi connectivity index (χ4v) is 2.84. The smallest absolute Gasteiger partial charge is 0.411 e. The average Bonchev–Trinajstić information content (AvgIpc) is 2.48. The number of carbonyl (C=O) groups excluding carboxylic acids is 1. The molecule has 0 radical (unpaired) electrons. The standard InChI is InChI=1S/C8H6BrNO2.C7H8BrNO/c9-6-2-1-3-7-5(6)4-12-8(11)10-7;8-6-2-1-3-7(9)5(6)4-10/h1-3H,4H2,(H,10,11);1-3,10H,4,9H2. The fourth-order valence-electron chi connectivity index (χ4n) is 1.85. The predicted octanol–water partition coefficient (Wildman–Crippen LogP) is 4.03. The third kappa shape index (κ3) is 4.00. The number of nitrogens with one attached hydrogen (secondary N) is 1. The summed E-state index contributed by atoms with van der Waals surface area (Å²) < 4.78 is 6.62. The zero-order valence-corrected chi connectivity index (χ0v) is 14.6. The van der Waals surface area contributed by atoms with E-state index in [-0.39, 0.29) is 12.7 Å². The van der Waals surface area contributed by atoms with Crippen LogP contribution in [0, 0.1) is 0 Å². The number of amides is 1. The Balaban J connectivity index is 0.000000164. The van der Waals surface area contributed by atoms with Gasteiger partial charge in [-0.1, -0.05) is 44.0 Å².